The Hall–Kier alpha value is -2.17. The van der Waals surface area contributed by atoms with E-state index in [4.69, 9.17) is 0 Å². The molecule has 0 aliphatic carbocycles. The number of alkyl halides is 3. The number of nitrogens with zero attached hydrogens (tertiary/aromatic N) is 2. The molecule has 5 heteroatoms. The van der Waals surface area contributed by atoms with Crippen LogP contribution < -0.4 is 0 Å². The van der Waals surface area contributed by atoms with Crippen molar-refractivity contribution >= 4 is 11.4 Å². The standard InChI is InChI=1S/C17H17F3N2/c1-2-3-4-13-5-9-15(10-6-13)21-22-16-11-7-14(8-12-16)17(18,19)20/h5-12H,2-4H2,1H3. The number of aryl methyl sites for hydroxylation is 1. The van der Waals surface area contributed by atoms with E-state index in [-0.39, 0.29) is 0 Å². The van der Waals surface area contributed by atoms with E-state index in [2.05, 4.69) is 17.2 Å². The third-order valence-corrected chi connectivity index (χ3v) is 3.23. The summed E-state index contributed by atoms with van der Waals surface area (Å²) in [7, 11) is 0. The van der Waals surface area contributed by atoms with Crippen LogP contribution in [0.25, 0.3) is 0 Å². The minimum Gasteiger partial charge on any atom is -0.166 e. The maximum Gasteiger partial charge on any atom is 0.416 e. The zero-order valence-corrected chi connectivity index (χ0v) is 12.3. The molecule has 22 heavy (non-hydrogen) atoms. The Morgan fingerprint density at radius 1 is 0.818 bits per heavy atom. The summed E-state index contributed by atoms with van der Waals surface area (Å²) in [5, 5.41) is 7.98. The van der Waals surface area contributed by atoms with Gasteiger partial charge in [0.25, 0.3) is 0 Å². The smallest absolute Gasteiger partial charge is 0.166 e. The highest BCUT2D eigenvalue weighted by atomic mass is 19.4. The first-order valence-corrected chi connectivity index (χ1v) is 7.17. The highest BCUT2D eigenvalue weighted by molar-refractivity contribution is 5.42. The molecule has 2 aromatic carbocycles. The van der Waals surface area contributed by atoms with Gasteiger partial charge in [-0.1, -0.05) is 25.5 Å². The monoisotopic (exact) mass is 306 g/mol. The lowest BCUT2D eigenvalue weighted by atomic mass is 10.1. The molecule has 0 atom stereocenters. The average Bonchev–Trinajstić information content (AvgIpc) is 2.51. The third kappa shape index (κ3) is 4.69. The van der Waals surface area contributed by atoms with Crippen molar-refractivity contribution in [2.75, 3.05) is 0 Å². The normalized spacial score (nSPS) is 12.0. The van der Waals surface area contributed by atoms with Gasteiger partial charge in [-0.15, -0.1) is 0 Å². The summed E-state index contributed by atoms with van der Waals surface area (Å²) < 4.78 is 37.3. The average molecular weight is 306 g/mol. The molecule has 0 bridgehead atoms. The van der Waals surface area contributed by atoms with E-state index in [1.807, 2.05) is 24.3 Å². The van der Waals surface area contributed by atoms with Gasteiger partial charge in [-0.3, -0.25) is 0 Å². The lowest BCUT2D eigenvalue weighted by molar-refractivity contribution is -0.137. The number of halogens is 3. The van der Waals surface area contributed by atoms with Gasteiger partial charge in [-0.2, -0.15) is 23.4 Å². The molecule has 0 saturated heterocycles. The molecule has 0 amide bonds. The Morgan fingerprint density at radius 2 is 1.32 bits per heavy atom. The lowest BCUT2D eigenvalue weighted by Gasteiger charge is -2.05. The molecule has 0 unspecified atom stereocenters. The summed E-state index contributed by atoms with van der Waals surface area (Å²) in [6.07, 6.45) is -1.00. The number of benzene rings is 2. The van der Waals surface area contributed by atoms with Crippen molar-refractivity contribution in [3.63, 3.8) is 0 Å². The molecule has 2 aromatic rings. The van der Waals surface area contributed by atoms with Crippen LogP contribution in [0.1, 0.15) is 30.9 Å². The molecule has 0 aromatic heterocycles. The quantitative estimate of drug-likeness (QED) is 0.566. The molecular weight excluding hydrogens is 289 g/mol. The second-order valence-corrected chi connectivity index (χ2v) is 5.01. The number of hydrogen-bond donors (Lipinski definition) is 0. The molecule has 0 spiro atoms. The fourth-order valence-corrected chi connectivity index (χ4v) is 1.94. The van der Waals surface area contributed by atoms with Gasteiger partial charge >= 0.3 is 6.18 Å². The largest absolute Gasteiger partial charge is 0.416 e. The molecular formula is C17H17F3N2. The van der Waals surface area contributed by atoms with Gasteiger partial charge in [0.15, 0.2) is 0 Å². The fraction of sp³-hybridized carbons (Fsp3) is 0.294. The summed E-state index contributed by atoms with van der Waals surface area (Å²) in [6, 6.07) is 12.3. The first kappa shape index (κ1) is 16.2. The maximum absolute atomic E-state index is 12.4. The molecule has 0 radical (unpaired) electrons. The van der Waals surface area contributed by atoms with Gasteiger partial charge < -0.3 is 0 Å². The zero-order chi connectivity index (χ0) is 16.0. The maximum atomic E-state index is 12.4. The molecule has 0 heterocycles. The summed E-state index contributed by atoms with van der Waals surface area (Å²) in [4.78, 5) is 0. The summed E-state index contributed by atoms with van der Waals surface area (Å²) in [5.41, 5.74) is 1.63. The number of rotatable bonds is 5. The molecule has 0 aliphatic rings. The van der Waals surface area contributed by atoms with Crippen LogP contribution in [0.3, 0.4) is 0 Å². The van der Waals surface area contributed by atoms with Crippen molar-refractivity contribution in [3.05, 3.63) is 59.7 Å². The van der Waals surface area contributed by atoms with E-state index in [0.29, 0.717) is 11.4 Å². The van der Waals surface area contributed by atoms with Crippen LogP contribution in [0.4, 0.5) is 24.5 Å². The van der Waals surface area contributed by atoms with Gasteiger partial charge in [0.1, 0.15) is 0 Å². The molecule has 2 rings (SSSR count). The third-order valence-electron chi connectivity index (χ3n) is 3.23. The topological polar surface area (TPSA) is 24.7 Å². The summed E-state index contributed by atoms with van der Waals surface area (Å²) in [5.74, 6) is 0. The molecule has 0 aliphatic heterocycles. The predicted molar refractivity (Wildman–Crippen MR) is 80.7 cm³/mol. The van der Waals surface area contributed by atoms with Crippen molar-refractivity contribution in [3.8, 4) is 0 Å². The van der Waals surface area contributed by atoms with Crippen LogP contribution in [0.15, 0.2) is 58.8 Å². The Kier molecular flexibility index (Phi) is 5.31. The lowest BCUT2D eigenvalue weighted by Crippen LogP contribution is -2.03. The van der Waals surface area contributed by atoms with E-state index < -0.39 is 11.7 Å². The van der Waals surface area contributed by atoms with Crippen molar-refractivity contribution in [1.29, 1.82) is 0 Å². The van der Waals surface area contributed by atoms with Crippen molar-refractivity contribution < 1.29 is 13.2 Å². The zero-order valence-electron chi connectivity index (χ0n) is 12.3. The minimum absolute atomic E-state index is 0.392. The van der Waals surface area contributed by atoms with Crippen LogP contribution >= 0.6 is 0 Å². The van der Waals surface area contributed by atoms with Crippen LogP contribution in [0, 0.1) is 0 Å². The molecule has 0 N–H and O–H groups in total. The van der Waals surface area contributed by atoms with E-state index in [0.717, 1.165) is 31.4 Å². The van der Waals surface area contributed by atoms with Crippen molar-refractivity contribution in [2.24, 2.45) is 10.2 Å². The first-order valence-electron chi connectivity index (χ1n) is 7.17. The highest BCUT2D eigenvalue weighted by Crippen LogP contribution is 2.30. The predicted octanol–water partition coefficient (Wildman–Crippen LogP) is 6.46. The van der Waals surface area contributed by atoms with E-state index in [1.54, 1.807) is 0 Å². The Morgan fingerprint density at radius 3 is 1.77 bits per heavy atom. The van der Waals surface area contributed by atoms with Crippen LogP contribution in [0.2, 0.25) is 0 Å². The Bertz CT molecular complexity index is 614. The second kappa shape index (κ2) is 7.20. The Balaban J connectivity index is 2.02. The fourth-order valence-electron chi connectivity index (χ4n) is 1.94. The van der Waals surface area contributed by atoms with Gasteiger partial charge in [0.2, 0.25) is 0 Å². The van der Waals surface area contributed by atoms with E-state index in [9.17, 15) is 13.2 Å². The minimum atomic E-state index is -4.33. The number of azo groups is 1. The van der Waals surface area contributed by atoms with Crippen molar-refractivity contribution in [1.82, 2.24) is 0 Å². The van der Waals surface area contributed by atoms with Crippen LogP contribution in [-0.2, 0) is 12.6 Å². The number of unbranched alkanes of at least 4 members (excludes halogenated alkanes) is 1. The molecule has 2 nitrogen and oxygen atoms in total. The SMILES string of the molecule is CCCCc1ccc(N=Nc2ccc(C(F)(F)F)cc2)cc1. The second-order valence-electron chi connectivity index (χ2n) is 5.01. The Labute approximate surface area is 127 Å². The summed E-state index contributed by atoms with van der Waals surface area (Å²) in [6.45, 7) is 2.15. The van der Waals surface area contributed by atoms with E-state index >= 15 is 0 Å². The molecule has 116 valence electrons. The summed E-state index contributed by atoms with van der Waals surface area (Å²) >= 11 is 0. The highest BCUT2D eigenvalue weighted by Gasteiger charge is 2.29. The van der Waals surface area contributed by atoms with Crippen LogP contribution in [0.5, 0.6) is 0 Å². The first-order chi connectivity index (χ1) is 10.5. The molecule has 0 fully saturated rings. The van der Waals surface area contributed by atoms with Gasteiger partial charge in [-0.25, -0.2) is 0 Å². The van der Waals surface area contributed by atoms with Gasteiger partial charge in [-0.05, 0) is 54.8 Å². The van der Waals surface area contributed by atoms with E-state index in [1.165, 1.54) is 17.7 Å². The van der Waals surface area contributed by atoms with Gasteiger partial charge in [0, 0.05) is 0 Å². The van der Waals surface area contributed by atoms with Gasteiger partial charge in [0.05, 0.1) is 16.9 Å². The van der Waals surface area contributed by atoms with Crippen molar-refractivity contribution in [2.45, 2.75) is 32.4 Å². The number of hydrogen-bond acceptors (Lipinski definition) is 2. The van der Waals surface area contributed by atoms with Crippen LogP contribution in [-0.4, -0.2) is 0 Å². The molecule has 0 saturated carbocycles.